The highest BCUT2D eigenvalue weighted by Crippen LogP contribution is 2.23. The molecule has 0 spiro atoms. The van der Waals surface area contributed by atoms with Crippen LogP contribution in [0.4, 0.5) is 0 Å². The Kier molecular flexibility index (Phi) is 7.53. The summed E-state index contributed by atoms with van der Waals surface area (Å²) >= 11 is 0. The number of hydrogen-bond acceptors (Lipinski definition) is 5. The van der Waals surface area contributed by atoms with E-state index in [4.69, 9.17) is 15.9 Å². The molecule has 2 heterocycles. The van der Waals surface area contributed by atoms with Crippen LogP contribution in [0, 0.1) is 18.3 Å². The lowest BCUT2D eigenvalue weighted by Crippen LogP contribution is -2.48. The standard InChI is InChI=1S/C22H30N2O5S/c1-4-13-28-16-19-9-11-23(12-10-19)22(25)20-5-7-21(8-6-20)30(26,27)24-14-17(2)29-18(3)15-24/h1,5-8,17-19H,9-16H2,2-3H3. The molecule has 2 aliphatic heterocycles. The van der Waals surface area contributed by atoms with Crippen molar-refractivity contribution in [3.05, 3.63) is 29.8 Å². The van der Waals surface area contributed by atoms with Gasteiger partial charge in [-0.1, -0.05) is 5.92 Å². The molecule has 1 aromatic rings. The molecule has 164 valence electrons. The fourth-order valence-electron chi connectivity index (χ4n) is 4.02. The summed E-state index contributed by atoms with van der Waals surface area (Å²) in [7, 11) is -3.61. The molecule has 2 fully saturated rings. The van der Waals surface area contributed by atoms with Gasteiger partial charge in [0.05, 0.1) is 23.7 Å². The van der Waals surface area contributed by atoms with Crippen molar-refractivity contribution in [3.63, 3.8) is 0 Å². The van der Waals surface area contributed by atoms with E-state index in [1.165, 1.54) is 16.4 Å². The molecule has 2 atom stereocenters. The van der Waals surface area contributed by atoms with Crippen LogP contribution >= 0.6 is 0 Å². The van der Waals surface area contributed by atoms with Crippen LogP contribution in [0.3, 0.4) is 0 Å². The third-order valence-corrected chi connectivity index (χ3v) is 7.41. The van der Waals surface area contributed by atoms with Crippen LogP contribution in [-0.2, 0) is 19.5 Å². The molecule has 30 heavy (non-hydrogen) atoms. The van der Waals surface area contributed by atoms with Crippen molar-refractivity contribution in [2.45, 2.75) is 43.8 Å². The number of hydrogen-bond donors (Lipinski definition) is 0. The van der Waals surface area contributed by atoms with Gasteiger partial charge in [0.2, 0.25) is 10.0 Å². The SMILES string of the molecule is C#CCOCC1CCN(C(=O)c2ccc(S(=O)(=O)N3CC(C)OC(C)C3)cc2)CC1. The van der Waals surface area contributed by atoms with E-state index in [1.807, 2.05) is 18.7 Å². The Morgan fingerprint density at radius 3 is 2.33 bits per heavy atom. The highest BCUT2D eigenvalue weighted by Gasteiger charge is 2.32. The first-order valence-electron chi connectivity index (χ1n) is 10.4. The van der Waals surface area contributed by atoms with Crippen LogP contribution < -0.4 is 0 Å². The first kappa shape index (κ1) is 22.8. The summed E-state index contributed by atoms with van der Waals surface area (Å²) in [5, 5.41) is 0. The Labute approximate surface area is 179 Å². The maximum Gasteiger partial charge on any atom is 0.253 e. The first-order chi connectivity index (χ1) is 14.3. The largest absolute Gasteiger partial charge is 0.373 e. The van der Waals surface area contributed by atoms with Crippen molar-refractivity contribution in [3.8, 4) is 12.3 Å². The number of carbonyl (C=O) groups excluding carboxylic acids is 1. The van der Waals surface area contributed by atoms with Crippen LogP contribution in [0.1, 0.15) is 37.0 Å². The predicted octanol–water partition coefficient (Wildman–Crippen LogP) is 1.99. The fraction of sp³-hybridized carbons (Fsp3) is 0.591. The molecular weight excluding hydrogens is 404 g/mol. The Morgan fingerprint density at radius 2 is 1.77 bits per heavy atom. The number of sulfonamides is 1. The van der Waals surface area contributed by atoms with Crippen LogP contribution in [0.15, 0.2) is 29.2 Å². The number of terminal acetylenes is 1. The first-order valence-corrected chi connectivity index (χ1v) is 11.8. The second-order valence-electron chi connectivity index (χ2n) is 8.06. The molecule has 0 N–H and O–H groups in total. The summed E-state index contributed by atoms with van der Waals surface area (Å²) in [4.78, 5) is 14.8. The molecule has 1 aromatic carbocycles. The van der Waals surface area contributed by atoms with E-state index in [-0.39, 0.29) is 23.0 Å². The number of rotatable bonds is 6. The molecule has 0 aromatic heterocycles. The van der Waals surface area contributed by atoms with Crippen LogP contribution in [0.5, 0.6) is 0 Å². The molecule has 2 saturated heterocycles. The molecule has 0 aliphatic carbocycles. The Balaban J connectivity index is 1.60. The zero-order valence-corrected chi connectivity index (χ0v) is 18.4. The molecule has 0 bridgehead atoms. The molecule has 7 nitrogen and oxygen atoms in total. The molecule has 8 heteroatoms. The summed E-state index contributed by atoms with van der Waals surface area (Å²) in [6.07, 6.45) is 6.63. The Morgan fingerprint density at radius 1 is 1.17 bits per heavy atom. The highest BCUT2D eigenvalue weighted by atomic mass is 32.2. The molecule has 2 unspecified atom stereocenters. The maximum absolute atomic E-state index is 13.0. The molecular formula is C22H30N2O5S. The van der Waals surface area contributed by atoms with E-state index < -0.39 is 10.0 Å². The number of morpholine rings is 1. The predicted molar refractivity (Wildman–Crippen MR) is 113 cm³/mol. The highest BCUT2D eigenvalue weighted by molar-refractivity contribution is 7.89. The monoisotopic (exact) mass is 434 g/mol. The van der Waals surface area contributed by atoms with Gasteiger partial charge in [0.15, 0.2) is 0 Å². The quantitative estimate of drug-likeness (QED) is 0.506. The zero-order chi connectivity index (χ0) is 21.7. The molecule has 0 saturated carbocycles. The lowest BCUT2D eigenvalue weighted by atomic mass is 9.97. The third kappa shape index (κ3) is 5.41. The topological polar surface area (TPSA) is 76.2 Å². The Bertz CT molecular complexity index is 860. The van der Waals surface area contributed by atoms with Gasteiger partial charge in [0, 0.05) is 31.7 Å². The van der Waals surface area contributed by atoms with E-state index in [9.17, 15) is 13.2 Å². The lowest BCUT2D eigenvalue weighted by Gasteiger charge is -2.34. The maximum atomic E-state index is 13.0. The normalized spacial score (nSPS) is 23.8. The van der Waals surface area contributed by atoms with E-state index in [2.05, 4.69) is 5.92 Å². The molecule has 2 aliphatic rings. The number of amides is 1. The number of benzene rings is 1. The second kappa shape index (κ2) is 9.92. The molecule has 3 rings (SSSR count). The molecule has 1 amide bonds. The van der Waals surface area contributed by atoms with Gasteiger partial charge in [-0.2, -0.15) is 4.31 Å². The summed E-state index contributed by atoms with van der Waals surface area (Å²) in [5.41, 5.74) is 0.500. The minimum atomic E-state index is -3.61. The number of carbonyl (C=O) groups is 1. The average Bonchev–Trinajstić information content (AvgIpc) is 2.73. The summed E-state index contributed by atoms with van der Waals surface area (Å²) in [6, 6.07) is 6.25. The Hall–Kier alpha value is -1.92. The van der Waals surface area contributed by atoms with Crippen LogP contribution in [0.2, 0.25) is 0 Å². The van der Waals surface area contributed by atoms with Crippen molar-refractivity contribution in [2.24, 2.45) is 5.92 Å². The fourth-order valence-corrected chi connectivity index (χ4v) is 5.61. The van der Waals surface area contributed by atoms with Crippen LogP contribution in [-0.4, -0.2) is 75.1 Å². The van der Waals surface area contributed by atoms with Crippen molar-refractivity contribution in [1.82, 2.24) is 9.21 Å². The van der Waals surface area contributed by atoms with Gasteiger partial charge in [-0.3, -0.25) is 4.79 Å². The second-order valence-corrected chi connectivity index (χ2v) is 10.00. The third-order valence-electron chi connectivity index (χ3n) is 5.57. The summed E-state index contributed by atoms with van der Waals surface area (Å²) in [6.45, 7) is 6.64. The van der Waals surface area contributed by atoms with Gasteiger partial charge < -0.3 is 14.4 Å². The van der Waals surface area contributed by atoms with E-state index in [0.717, 1.165) is 12.8 Å². The van der Waals surface area contributed by atoms with Crippen molar-refractivity contribution >= 4 is 15.9 Å². The van der Waals surface area contributed by atoms with Crippen molar-refractivity contribution < 1.29 is 22.7 Å². The molecule has 0 radical (unpaired) electrons. The van der Waals surface area contributed by atoms with Gasteiger partial charge in [-0.15, -0.1) is 6.42 Å². The number of nitrogens with zero attached hydrogens (tertiary/aromatic N) is 2. The van der Waals surface area contributed by atoms with Gasteiger partial charge in [0.1, 0.15) is 6.61 Å². The van der Waals surface area contributed by atoms with Crippen molar-refractivity contribution in [2.75, 3.05) is 39.4 Å². The zero-order valence-electron chi connectivity index (χ0n) is 17.6. The summed E-state index contributed by atoms with van der Waals surface area (Å²) in [5.74, 6) is 2.79. The van der Waals surface area contributed by atoms with Gasteiger partial charge in [-0.05, 0) is 56.9 Å². The van der Waals surface area contributed by atoms with Gasteiger partial charge in [-0.25, -0.2) is 8.42 Å². The minimum Gasteiger partial charge on any atom is -0.373 e. The summed E-state index contributed by atoms with van der Waals surface area (Å²) < 4.78 is 38.4. The lowest BCUT2D eigenvalue weighted by molar-refractivity contribution is -0.0440. The number of piperidine rings is 1. The smallest absolute Gasteiger partial charge is 0.253 e. The minimum absolute atomic E-state index is 0.0736. The van der Waals surface area contributed by atoms with E-state index >= 15 is 0 Å². The van der Waals surface area contributed by atoms with Crippen LogP contribution in [0.25, 0.3) is 0 Å². The van der Waals surface area contributed by atoms with Crippen molar-refractivity contribution in [1.29, 1.82) is 0 Å². The number of likely N-dealkylation sites (tertiary alicyclic amines) is 1. The van der Waals surface area contributed by atoms with E-state index in [1.54, 1.807) is 12.1 Å². The van der Waals surface area contributed by atoms with Gasteiger partial charge >= 0.3 is 0 Å². The van der Waals surface area contributed by atoms with E-state index in [0.29, 0.717) is 50.9 Å². The average molecular weight is 435 g/mol. The van der Waals surface area contributed by atoms with Gasteiger partial charge in [0.25, 0.3) is 5.91 Å². The number of ether oxygens (including phenoxy) is 2.